The van der Waals surface area contributed by atoms with E-state index in [9.17, 15) is 14.4 Å². The highest BCUT2D eigenvalue weighted by Gasteiger charge is 2.41. The fraction of sp³-hybridized carbons (Fsp3) is 0.452. The zero-order valence-electron chi connectivity index (χ0n) is 23.2. The Hall–Kier alpha value is -3.44. The van der Waals surface area contributed by atoms with Crippen LogP contribution in [0.15, 0.2) is 54.6 Å². The first-order valence-electron chi connectivity index (χ1n) is 13.3. The quantitative estimate of drug-likeness (QED) is 0.383. The van der Waals surface area contributed by atoms with E-state index in [1.54, 1.807) is 61.7 Å². The van der Waals surface area contributed by atoms with Crippen molar-refractivity contribution in [1.29, 1.82) is 0 Å². The molecule has 208 valence electrons. The third-order valence-corrected chi connectivity index (χ3v) is 7.20. The molecule has 1 aliphatic carbocycles. The van der Waals surface area contributed by atoms with Crippen LogP contribution in [0.3, 0.4) is 0 Å². The average Bonchev–Trinajstić information content (AvgIpc) is 2.88. The first kappa shape index (κ1) is 30.1. The Bertz CT molecular complexity index is 1150. The molecule has 0 bridgehead atoms. The van der Waals surface area contributed by atoms with Crippen LogP contribution in [0.5, 0.6) is 0 Å². The monoisotopic (exact) mass is 549 g/mol. The molecule has 39 heavy (non-hydrogen) atoms. The fourth-order valence-electron chi connectivity index (χ4n) is 4.39. The smallest absolute Gasteiger partial charge is 0.408 e. The molecular weight excluding hydrogens is 510 g/mol. The number of carbonyl (C=O) groups is 3. The molecule has 2 aromatic carbocycles. The molecule has 0 spiro atoms. The molecule has 2 aromatic rings. The average molecular weight is 550 g/mol. The molecule has 0 radical (unpaired) electrons. The van der Waals surface area contributed by atoms with Gasteiger partial charge >= 0.3 is 6.09 Å². The van der Waals surface area contributed by atoms with Crippen LogP contribution < -0.4 is 10.6 Å². The first-order chi connectivity index (χ1) is 18.6. The summed E-state index contributed by atoms with van der Waals surface area (Å²) in [6.07, 6.45) is 9.82. The molecule has 2 unspecified atom stereocenters. The lowest BCUT2D eigenvalue weighted by Crippen LogP contribution is -2.57. The molecule has 1 aliphatic rings. The van der Waals surface area contributed by atoms with Gasteiger partial charge in [0.15, 0.2) is 0 Å². The number of hydrogen-bond acceptors (Lipinski definition) is 5. The number of benzene rings is 2. The second-order valence-electron chi connectivity index (χ2n) is 10.7. The van der Waals surface area contributed by atoms with E-state index in [4.69, 9.17) is 11.2 Å². The summed E-state index contributed by atoms with van der Waals surface area (Å²) in [5, 5.41) is 5.82. The number of alkyl carbamates (subject to hydrolysis) is 1. The minimum atomic E-state index is -0.879. The van der Waals surface area contributed by atoms with Crippen LogP contribution in [0, 0.1) is 12.3 Å². The van der Waals surface area contributed by atoms with Gasteiger partial charge in [0.1, 0.15) is 17.7 Å². The lowest BCUT2D eigenvalue weighted by Gasteiger charge is -2.43. The molecule has 2 atom stereocenters. The number of hydrogen-bond donors (Lipinski definition) is 2. The summed E-state index contributed by atoms with van der Waals surface area (Å²) < 4.78 is 5.46. The second-order valence-corrected chi connectivity index (χ2v) is 11.7. The van der Waals surface area contributed by atoms with Crippen LogP contribution in [0.2, 0.25) is 0 Å². The maximum Gasteiger partial charge on any atom is 0.408 e. The highest BCUT2D eigenvalue weighted by Crippen LogP contribution is 2.34. The third-order valence-electron chi connectivity index (χ3n) is 6.55. The molecular formula is C31H39N3O4S. The zero-order valence-corrected chi connectivity index (χ0v) is 24.1. The summed E-state index contributed by atoms with van der Waals surface area (Å²) >= 11 is 1.59. The lowest BCUT2D eigenvalue weighted by molar-refractivity contribution is -0.147. The molecule has 1 fully saturated rings. The van der Waals surface area contributed by atoms with Crippen LogP contribution in [0.25, 0.3) is 0 Å². The van der Waals surface area contributed by atoms with Crippen LogP contribution in [-0.2, 0) is 20.9 Å². The van der Waals surface area contributed by atoms with Gasteiger partial charge in [-0.25, -0.2) is 4.79 Å². The molecule has 0 saturated heterocycles. The molecule has 2 N–H and O–H groups in total. The van der Waals surface area contributed by atoms with Crippen molar-refractivity contribution in [3.8, 4) is 12.3 Å². The van der Waals surface area contributed by atoms with Gasteiger partial charge in [-0.15, -0.1) is 6.42 Å². The summed E-state index contributed by atoms with van der Waals surface area (Å²) in [5.74, 6) is 2.69. The highest BCUT2D eigenvalue weighted by atomic mass is 32.2. The molecule has 8 heteroatoms. The van der Waals surface area contributed by atoms with Crippen LogP contribution in [-0.4, -0.2) is 52.5 Å². The molecule has 3 amide bonds. The number of ether oxygens (including phenoxy) is 1. The molecule has 0 heterocycles. The van der Waals surface area contributed by atoms with Gasteiger partial charge in [0.05, 0.1) is 0 Å². The number of amides is 3. The normalized spacial score (nSPS) is 14.7. The van der Waals surface area contributed by atoms with E-state index in [2.05, 4.69) is 16.6 Å². The van der Waals surface area contributed by atoms with E-state index in [0.717, 1.165) is 24.8 Å². The van der Waals surface area contributed by atoms with Crippen LogP contribution in [0.4, 0.5) is 4.79 Å². The maximum atomic E-state index is 14.2. The second kappa shape index (κ2) is 14.1. The van der Waals surface area contributed by atoms with Gasteiger partial charge in [-0.2, -0.15) is 11.8 Å². The van der Waals surface area contributed by atoms with Crippen molar-refractivity contribution in [1.82, 2.24) is 15.5 Å². The molecule has 0 aliphatic heterocycles. The van der Waals surface area contributed by atoms with E-state index in [-0.39, 0.29) is 17.9 Å². The van der Waals surface area contributed by atoms with Gasteiger partial charge in [0.25, 0.3) is 0 Å². The summed E-state index contributed by atoms with van der Waals surface area (Å²) in [6.45, 7) is 5.66. The summed E-state index contributed by atoms with van der Waals surface area (Å²) in [4.78, 5) is 42.5. The highest BCUT2D eigenvalue weighted by molar-refractivity contribution is 7.98. The maximum absolute atomic E-state index is 14.2. The van der Waals surface area contributed by atoms with Crippen molar-refractivity contribution in [2.24, 2.45) is 0 Å². The Morgan fingerprint density at radius 3 is 2.31 bits per heavy atom. The standard InChI is InChI=1S/C31H39N3O4S/c1-6-22-15-17-24(18-16-22)27(28(35)32-21-23-11-8-7-9-12-23)34(25-13-10-14-25)29(36)26(19-20-39-5)33-30(37)38-31(2,3)4/h1,7-9,11-12,15-18,25-27H,10,13-14,19-21H2,2-5H3,(H,32,35)(H,33,37). The zero-order chi connectivity index (χ0) is 28.4. The van der Waals surface area contributed by atoms with Gasteiger partial charge in [0.2, 0.25) is 11.8 Å². The number of rotatable bonds is 11. The van der Waals surface area contributed by atoms with E-state index < -0.39 is 23.8 Å². The van der Waals surface area contributed by atoms with Crippen molar-refractivity contribution in [2.45, 2.75) is 76.7 Å². The minimum absolute atomic E-state index is 0.116. The summed E-state index contributed by atoms with van der Waals surface area (Å²) in [6, 6.07) is 15.0. The van der Waals surface area contributed by atoms with Crippen molar-refractivity contribution >= 4 is 29.7 Å². The predicted molar refractivity (Wildman–Crippen MR) is 156 cm³/mol. The number of terminal acetylenes is 1. The summed E-state index contributed by atoms with van der Waals surface area (Å²) in [5.41, 5.74) is 1.61. The van der Waals surface area contributed by atoms with Crippen molar-refractivity contribution in [2.75, 3.05) is 12.0 Å². The Labute approximate surface area is 236 Å². The van der Waals surface area contributed by atoms with E-state index in [0.29, 0.717) is 29.8 Å². The fourth-order valence-corrected chi connectivity index (χ4v) is 4.86. The Kier molecular flexibility index (Phi) is 10.9. The van der Waals surface area contributed by atoms with Gasteiger partial charge in [-0.1, -0.05) is 48.4 Å². The van der Waals surface area contributed by atoms with Crippen molar-refractivity contribution < 1.29 is 19.1 Å². The molecule has 7 nitrogen and oxygen atoms in total. The lowest BCUT2D eigenvalue weighted by atomic mass is 9.87. The number of thioether (sulfide) groups is 1. The minimum Gasteiger partial charge on any atom is -0.444 e. The van der Waals surface area contributed by atoms with E-state index in [1.807, 2.05) is 36.6 Å². The molecule has 0 aromatic heterocycles. The Morgan fingerprint density at radius 1 is 1.10 bits per heavy atom. The SMILES string of the molecule is C#Cc1ccc(C(C(=O)NCc2ccccc2)N(C(=O)C(CCSC)NC(=O)OC(C)(C)C)C2CCC2)cc1. The molecule has 3 rings (SSSR count). The Morgan fingerprint density at radius 2 is 1.77 bits per heavy atom. The van der Waals surface area contributed by atoms with Gasteiger partial charge in [-0.05, 0) is 81.7 Å². The number of nitrogens with zero attached hydrogens (tertiary/aromatic N) is 1. The first-order valence-corrected chi connectivity index (χ1v) is 14.7. The van der Waals surface area contributed by atoms with E-state index >= 15 is 0 Å². The topological polar surface area (TPSA) is 87.7 Å². The van der Waals surface area contributed by atoms with Crippen molar-refractivity contribution in [3.05, 3.63) is 71.3 Å². The van der Waals surface area contributed by atoms with E-state index in [1.165, 1.54) is 0 Å². The van der Waals surface area contributed by atoms with Crippen molar-refractivity contribution in [3.63, 3.8) is 0 Å². The van der Waals surface area contributed by atoms with Gasteiger partial charge in [-0.3, -0.25) is 9.59 Å². The predicted octanol–water partition coefficient (Wildman–Crippen LogP) is 5.05. The van der Waals surface area contributed by atoms with Gasteiger partial charge in [0, 0.05) is 18.2 Å². The van der Waals surface area contributed by atoms with Crippen LogP contribution >= 0.6 is 11.8 Å². The third kappa shape index (κ3) is 8.79. The Balaban J connectivity index is 1.96. The largest absolute Gasteiger partial charge is 0.444 e. The molecule has 1 saturated carbocycles. The number of carbonyl (C=O) groups excluding carboxylic acids is 3. The summed E-state index contributed by atoms with van der Waals surface area (Å²) in [7, 11) is 0. The number of nitrogens with one attached hydrogen (secondary N) is 2. The van der Waals surface area contributed by atoms with Crippen LogP contribution in [0.1, 0.15) is 69.2 Å². The van der Waals surface area contributed by atoms with Gasteiger partial charge < -0.3 is 20.3 Å².